The molecule has 2 aliphatic heterocycles. The third-order valence-electron chi connectivity index (χ3n) is 4.89. The van der Waals surface area contributed by atoms with Crippen molar-refractivity contribution >= 4 is 11.6 Å². The monoisotopic (exact) mass is 313 g/mol. The van der Waals surface area contributed by atoms with Crippen molar-refractivity contribution in [1.82, 2.24) is 14.9 Å². The van der Waals surface area contributed by atoms with Gasteiger partial charge >= 0.3 is 0 Å². The molecule has 0 spiro atoms. The SMILES string of the molecule is C#CCCN1CCN(c2cc(N3CCCC(C)C3)ncn2)CC1. The number of nitrogens with zero attached hydrogens (tertiary/aromatic N) is 5. The van der Waals surface area contributed by atoms with Crippen molar-refractivity contribution in [1.29, 1.82) is 0 Å². The van der Waals surface area contributed by atoms with Crippen molar-refractivity contribution < 1.29 is 0 Å². The minimum atomic E-state index is 0.752. The minimum Gasteiger partial charge on any atom is -0.356 e. The number of anilines is 2. The van der Waals surface area contributed by atoms with Crippen LogP contribution < -0.4 is 9.80 Å². The van der Waals surface area contributed by atoms with Crippen LogP contribution in [0.1, 0.15) is 26.2 Å². The van der Waals surface area contributed by atoms with E-state index in [0.717, 1.165) is 69.8 Å². The summed E-state index contributed by atoms with van der Waals surface area (Å²) in [5.41, 5.74) is 0. The van der Waals surface area contributed by atoms with Crippen molar-refractivity contribution in [2.75, 3.05) is 55.6 Å². The summed E-state index contributed by atoms with van der Waals surface area (Å²) in [6, 6.07) is 2.16. The van der Waals surface area contributed by atoms with Crippen molar-refractivity contribution in [2.45, 2.75) is 26.2 Å². The molecule has 1 unspecified atom stereocenters. The summed E-state index contributed by atoms with van der Waals surface area (Å²) in [6.07, 6.45) is 10.5. The standard InChI is InChI=1S/C18H27N5/c1-3-4-7-21-9-11-22(12-10-21)17-13-18(20-15-19-17)23-8-5-6-16(2)14-23/h1,13,15-16H,4-12,14H2,2H3. The Kier molecular flexibility index (Phi) is 5.35. The van der Waals surface area contributed by atoms with Crippen molar-refractivity contribution in [2.24, 2.45) is 5.92 Å². The molecule has 1 aromatic rings. The van der Waals surface area contributed by atoms with E-state index in [4.69, 9.17) is 6.42 Å². The van der Waals surface area contributed by atoms with Gasteiger partial charge < -0.3 is 9.80 Å². The predicted molar refractivity (Wildman–Crippen MR) is 94.7 cm³/mol. The largest absolute Gasteiger partial charge is 0.356 e. The van der Waals surface area contributed by atoms with Crippen LogP contribution in [0.3, 0.4) is 0 Å². The maximum absolute atomic E-state index is 5.35. The molecule has 5 heteroatoms. The van der Waals surface area contributed by atoms with Gasteiger partial charge in [-0.25, -0.2) is 9.97 Å². The Bertz CT molecular complexity index is 545. The van der Waals surface area contributed by atoms with E-state index < -0.39 is 0 Å². The Labute approximate surface area is 139 Å². The van der Waals surface area contributed by atoms with E-state index >= 15 is 0 Å². The van der Waals surface area contributed by atoms with Gasteiger partial charge in [0.05, 0.1) is 0 Å². The quantitative estimate of drug-likeness (QED) is 0.793. The van der Waals surface area contributed by atoms with Crippen LogP contribution in [0.25, 0.3) is 0 Å². The average molecular weight is 313 g/mol. The number of terminal acetylenes is 1. The molecular weight excluding hydrogens is 286 g/mol. The average Bonchev–Trinajstić information content (AvgIpc) is 2.60. The van der Waals surface area contributed by atoms with Gasteiger partial charge in [0.15, 0.2) is 0 Å². The summed E-state index contributed by atoms with van der Waals surface area (Å²) in [4.78, 5) is 16.2. The number of piperidine rings is 1. The molecule has 5 nitrogen and oxygen atoms in total. The molecule has 2 fully saturated rings. The highest BCUT2D eigenvalue weighted by atomic mass is 15.3. The third kappa shape index (κ3) is 4.14. The first kappa shape index (κ1) is 16.1. The minimum absolute atomic E-state index is 0.752. The van der Waals surface area contributed by atoms with Gasteiger partial charge in [-0.1, -0.05) is 6.92 Å². The van der Waals surface area contributed by atoms with Gasteiger partial charge in [-0.05, 0) is 18.8 Å². The zero-order valence-corrected chi connectivity index (χ0v) is 14.1. The molecule has 2 aliphatic rings. The predicted octanol–water partition coefficient (Wildman–Crippen LogP) is 1.86. The zero-order valence-electron chi connectivity index (χ0n) is 14.1. The van der Waals surface area contributed by atoms with E-state index in [1.54, 1.807) is 6.33 Å². The zero-order chi connectivity index (χ0) is 16.1. The number of hydrogen-bond acceptors (Lipinski definition) is 5. The fraction of sp³-hybridized carbons (Fsp3) is 0.667. The van der Waals surface area contributed by atoms with Gasteiger partial charge in [0, 0.05) is 58.3 Å². The Hall–Kier alpha value is -1.80. The van der Waals surface area contributed by atoms with E-state index in [-0.39, 0.29) is 0 Å². The molecule has 0 bridgehead atoms. The van der Waals surface area contributed by atoms with E-state index in [0.29, 0.717) is 0 Å². The van der Waals surface area contributed by atoms with Crippen LogP contribution in [0, 0.1) is 18.3 Å². The van der Waals surface area contributed by atoms with Gasteiger partial charge in [0.25, 0.3) is 0 Å². The fourth-order valence-corrected chi connectivity index (χ4v) is 3.50. The maximum Gasteiger partial charge on any atom is 0.134 e. The second-order valence-electron chi connectivity index (χ2n) is 6.71. The van der Waals surface area contributed by atoms with Crippen LogP contribution in [0.15, 0.2) is 12.4 Å². The van der Waals surface area contributed by atoms with Crippen LogP contribution in [0.5, 0.6) is 0 Å². The van der Waals surface area contributed by atoms with Gasteiger partial charge in [-0.3, -0.25) is 4.90 Å². The molecule has 0 amide bonds. The molecule has 23 heavy (non-hydrogen) atoms. The Balaban J connectivity index is 1.61. The van der Waals surface area contributed by atoms with E-state index in [1.807, 2.05) is 0 Å². The van der Waals surface area contributed by atoms with E-state index in [2.05, 4.69) is 43.6 Å². The summed E-state index contributed by atoms with van der Waals surface area (Å²) in [5.74, 6) is 5.62. The second-order valence-corrected chi connectivity index (χ2v) is 6.71. The molecule has 2 saturated heterocycles. The second kappa shape index (κ2) is 7.65. The van der Waals surface area contributed by atoms with Crippen molar-refractivity contribution in [3.8, 4) is 12.3 Å². The highest BCUT2D eigenvalue weighted by molar-refractivity contribution is 5.50. The molecule has 0 aromatic carbocycles. The van der Waals surface area contributed by atoms with Gasteiger partial charge in [0.1, 0.15) is 18.0 Å². The number of rotatable bonds is 4. The summed E-state index contributed by atoms with van der Waals surface area (Å²) < 4.78 is 0. The first-order valence-corrected chi connectivity index (χ1v) is 8.74. The normalized spacial score (nSPS) is 22.9. The van der Waals surface area contributed by atoms with Crippen LogP contribution >= 0.6 is 0 Å². The Morgan fingerprint density at radius 1 is 1.13 bits per heavy atom. The fourth-order valence-electron chi connectivity index (χ4n) is 3.50. The molecule has 3 heterocycles. The maximum atomic E-state index is 5.35. The molecule has 1 atom stereocenters. The van der Waals surface area contributed by atoms with Gasteiger partial charge in [-0.2, -0.15) is 0 Å². The molecule has 0 radical (unpaired) electrons. The first-order valence-electron chi connectivity index (χ1n) is 8.74. The molecule has 0 aliphatic carbocycles. The summed E-state index contributed by atoms with van der Waals surface area (Å²) in [6.45, 7) is 9.68. The number of piperazine rings is 1. The number of hydrogen-bond donors (Lipinski definition) is 0. The summed E-state index contributed by atoms with van der Waals surface area (Å²) in [7, 11) is 0. The lowest BCUT2D eigenvalue weighted by molar-refractivity contribution is 0.263. The van der Waals surface area contributed by atoms with Gasteiger partial charge in [-0.15, -0.1) is 12.3 Å². The Morgan fingerprint density at radius 3 is 2.57 bits per heavy atom. The van der Waals surface area contributed by atoms with Crippen LogP contribution in [0.2, 0.25) is 0 Å². The van der Waals surface area contributed by atoms with Crippen LogP contribution in [-0.2, 0) is 0 Å². The molecule has 1 aromatic heterocycles. The van der Waals surface area contributed by atoms with E-state index in [9.17, 15) is 0 Å². The van der Waals surface area contributed by atoms with E-state index in [1.165, 1.54) is 12.8 Å². The molecular formula is C18H27N5. The van der Waals surface area contributed by atoms with Crippen LogP contribution in [0.4, 0.5) is 11.6 Å². The van der Waals surface area contributed by atoms with Crippen molar-refractivity contribution in [3.05, 3.63) is 12.4 Å². The first-order chi connectivity index (χ1) is 11.3. The molecule has 3 rings (SSSR count). The van der Waals surface area contributed by atoms with Crippen molar-refractivity contribution in [3.63, 3.8) is 0 Å². The number of aromatic nitrogens is 2. The smallest absolute Gasteiger partial charge is 0.134 e. The molecule has 124 valence electrons. The topological polar surface area (TPSA) is 35.5 Å². The molecule has 0 saturated carbocycles. The highest BCUT2D eigenvalue weighted by Gasteiger charge is 2.21. The third-order valence-corrected chi connectivity index (χ3v) is 4.89. The lowest BCUT2D eigenvalue weighted by Crippen LogP contribution is -2.47. The Morgan fingerprint density at radius 2 is 1.87 bits per heavy atom. The lowest BCUT2D eigenvalue weighted by Gasteiger charge is -2.36. The highest BCUT2D eigenvalue weighted by Crippen LogP contribution is 2.24. The summed E-state index contributed by atoms with van der Waals surface area (Å²) >= 11 is 0. The molecule has 0 N–H and O–H groups in total. The van der Waals surface area contributed by atoms with Crippen LogP contribution in [-0.4, -0.2) is 60.7 Å². The summed E-state index contributed by atoms with van der Waals surface area (Å²) in [5, 5.41) is 0. The lowest BCUT2D eigenvalue weighted by atomic mass is 10.0. The van der Waals surface area contributed by atoms with Gasteiger partial charge in [0.2, 0.25) is 0 Å².